The van der Waals surface area contributed by atoms with Crippen molar-refractivity contribution in [1.29, 1.82) is 0 Å². The van der Waals surface area contributed by atoms with Gasteiger partial charge in [-0.05, 0) is 24.3 Å². The van der Waals surface area contributed by atoms with Crippen molar-refractivity contribution in [2.75, 3.05) is 25.6 Å². The maximum absolute atomic E-state index is 8.63. The molecule has 0 spiro atoms. The van der Waals surface area contributed by atoms with Gasteiger partial charge in [0.25, 0.3) is 0 Å². The van der Waals surface area contributed by atoms with Crippen LogP contribution in [0.25, 0.3) is 11.4 Å². The third-order valence-corrected chi connectivity index (χ3v) is 2.60. The minimum Gasteiger partial charge on any atom is -0.399 e. The van der Waals surface area contributed by atoms with Crippen LogP contribution in [0.4, 0.5) is 5.69 Å². The second-order valence-electron chi connectivity index (χ2n) is 3.90. The standard InChI is InChI=1S/C13H17N3O2/c14-12-3-1-11(2-4-12)13-15-5-6-16(13)7-9-18-10-8-17/h1-6,17H,7-10,14H2. The smallest absolute Gasteiger partial charge is 0.139 e. The number of nitrogen functional groups attached to an aromatic ring is 1. The Hall–Kier alpha value is -1.85. The van der Waals surface area contributed by atoms with E-state index in [4.69, 9.17) is 15.6 Å². The maximum atomic E-state index is 8.63. The predicted molar refractivity (Wildman–Crippen MR) is 70.0 cm³/mol. The summed E-state index contributed by atoms with van der Waals surface area (Å²) in [5.41, 5.74) is 7.42. The molecule has 5 heteroatoms. The summed E-state index contributed by atoms with van der Waals surface area (Å²) in [6.45, 7) is 1.68. The Balaban J connectivity index is 2.05. The number of aliphatic hydroxyl groups is 1. The van der Waals surface area contributed by atoms with Crippen molar-refractivity contribution >= 4 is 5.69 Å². The Bertz CT molecular complexity index is 479. The third kappa shape index (κ3) is 3.09. The summed E-state index contributed by atoms with van der Waals surface area (Å²) in [5.74, 6) is 0.891. The number of benzene rings is 1. The van der Waals surface area contributed by atoms with E-state index in [9.17, 15) is 0 Å². The third-order valence-electron chi connectivity index (χ3n) is 2.60. The second kappa shape index (κ2) is 6.18. The van der Waals surface area contributed by atoms with Gasteiger partial charge in [0.05, 0.1) is 19.8 Å². The van der Waals surface area contributed by atoms with Crippen LogP contribution >= 0.6 is 0 Å². The first kappa shape index (κ1) is 12.6. The molecule has 0 aliphatic carbocycles. The molecule has 0 bridgehead atoms. The Morgan fingerprint density at radius 1 is 1.22 bits per heavy atom. The Morgan fingerprint density at radius 2 is 2.00 bits per heavy atom. The fraction of sp³-hybridized carbons (Fsp3) is 0.308. The molecule has 0 unspecified atom stereocenters. The van der Waals surface area contributed by atoms with E-state index in [1.54, 1.807) is 6.20 Å². The summed E-state index contributed by atoms with van der Waals surface area (Å²) in [5, 5.41) is 8.63. The zero-order chi connectivity index (χ0) is 12.8. The lowest BCUT2D eigenvalue weighted by atomic mass is 10.2. The second-order valence-corrected chi connectivity index (χ2v) is 3.90. The van der Waals surface area contributed by atoms with Crippen molar-refractivity contribution < 1.29 is 9.84 Å². The molecule has 1 aromatic heterocycles. The molecule has 1 aromatic carbocycles. The fourth-order valence-corrected chi connectivity index (χ4v) is 1.71. The van der Waals surface area contributed by atoms with Gasteiger partial charge in [0.1, 0.15) is 5.82 Å². The largest absolute Gasteiger partial charge is 0.399 e. The predicted octanol–water partition coefficient (Wildman–Crippen LogP) is 1.14. The number of anilines is 1. The van der Waals surface area contributed by atoms with Gasteiger partial charge in [0.2, 0.25) is 0 Å². The Morgan fingerprint density at radius 3 is 2.72 bits per heavy atom. The average Bonchev–Trinajstić information content (AvgIpc) is 2.84. The summed E-state index contributed by atoms with van der Waals surface area (Å²) in [6.07, 6.45) is 3.67. The zero-order valence-corrected chi connectivity index (χ0v) is 10.1. The van der Waals surface area contributed by atoms with Gasteiger partial charge in [0.15, 0.2) is 0 Å². The van der Waals surface area contributed by atoms with Crippen LogP contribution < -0.4 is 5.73 Å². The lowest BCUT2D eigenvalue weighted by molar-refractivity contribution is 0.0872. The molecule has 0 saturated carbocycles. The van der Waals surface area contributed by atoms with Crippen LogP contribution in [-0.4, -0.2) is 34.5 Å². The molecule has 18 heavy (non-hydrogen) atoms. The van der Waals surface area contributed by atoms with E-state index in [0.717, 1.165) is 17.1 Å². The normalized spacial score (nSPS) is 10.7. The fourth-order valence-electron chi connectivity index (χ4n) is 1.71. The Labute approximate surface area is 106 Å². The first-order valence-corrected chi connectivity index (χ1v) is 5.87. The van der Waals surface area contributed by atoms with Gasteiger partial charge in [-0.1, -0.05) is 0 Å². The quantitative estimate of drug-likeness (QED) is 0.593. The van der Waals surface area contributed by atoms with Gasteiger partial charge < -0.3 is 20.1 Å². The first-order valence-electron chi connectivity index (χ1n) is 5.87. The Kier molecular flexibility index (Phi) is 4.33. The van der Waals surface area contributed by atoms with Crippen LogP contribution in [0.3, 0.4) is 0 Å². The molecule has 0 saturated heterocycles. The molecule has 96 valence electrons. The van der Waals surface area contributed by atoms with Gasteiger partial charge in [-0.2, -0.15) is 0 Å². The van der Waals surface area contributed by atoms with E-state index in [1.165, 1.54) is 0 Å². The first-order chi connectivity index (χ1) is 8.81. The number of hydrogen-bond donors (Lipinski definition) is 2. The number of rotatable bonds is 6. The highest BCUT2D eigenvalue weighted by molar-refractivity contribution is 5.59. The van der Waals surface area contributed by atoms with Crippen LogP contribution in [0.1, 0.15) is 0 Å². The molecule has 2 aromatic rings. The lowest BCUT2D eigenvalue weighted by Gasteiger charge is -2.08. The number of nitrogens with zero attached hydrogens (tertiary/aromatic N) is 2. The molecule has 0 amide bonds. The summed E-state index contributed by atoms with van der Waals surface area (Å²) in [6, 6.07) is 7.61. The van der Waals surface area contributed by atoms with Crippen molar-refractivity contribution in [3.8, 4) is 11.4 Å². The highest BCUT2D eigenvalue weighted by atomic mass is 16.5. The summed E-state index contributed by atoms with van der Waals surface area (Å²) < 4.78 is 7.26. The maximum Gasteiger partial charge on any atom is 0.139 e. The van der Waals surface area contributed by atoms with Crippen LogP contribution in [0.5, 0.6) is 0 Å². The summed E-state index contributed by atoms with van der Waals surface area (Å²) >= 11 is 0. The van der Waals surface area contributed by atoms with Gasteiger partial charge in [0, 0.05) is 30.2 Å². The van der Waals surface area contributed by atoms with Crippen molar-refractivity contribution in [3.63, 3.8) is 0 Å². The van der Waals surface area contributed by atoms with E-state index in [-0.39, 0.29) is 6.61 Å². The number of ether oxygens (including phenoxy) is 1. The van der Waals surface area contributed by atoms with Crippen molar-refractivity contribution in [2.24, 2.45) is 0 Å². The average molecular weight is 247 g/mol. The highest BCUT2D eigenvalue weighted by Gasteiger charge is 2.05. The van der Waals surface area contributed by atoms with E-state index in [1.807, 2.05) is 35.0 Å². The molecule has 0 atom stereocenters. The SMILES string of the molecule is Nc1ccc(-c2nccn2CCOCCO)cc1. The number of nitrogens with two attached hydrogens (primary N) is 1. The number of imidazole rings is 1. The zero-order valence-electron chi connectivity index (χ0n) is 10.1. The number of aliphatic hydroxyl groups excluding tert-OH is 1. The molecule has 0 aliphatic rings. The van der Waals surface area contributed by atoms with E-state index in [2.05, 4.69) is 4.98 Å². The van der Waals surface area contributed by atoms with Gasteiger partial charge in [-0.25, -0.2) is 4.98 Å². The van der Waals surface area contributed by atoms with Gasteiger partial charge in [-0.3, -0.25) is 0 Å². The highest BCUT2D eigenvalue weighted by Crippen LogP contribution is 2.18. The topological polar surface area (TPSA) is 73.3 Å². The lowest BCUT2D eigenvalue weighted by Crippen LogP contribution is -2.08. The van der Waals surface area contributed by atoms with Crippen LogP contribution in [0, 0.1) is 0 Å². The number of hydrogen-bond acceptors (Lipinski definition) is 4. The minimum atomic E-state index is 0.0503. The molecule has 0 radical (unpaired) electrons. The van der Waals surface area contributed by atoms with Crippen LogP contribution in [0.2, 0.25) is 0 Å². The van der Waals surface area contributed by atoms with Gasteiger partial charge >= 0.3 is 0 Å². The van der Waals surface area contributed by atoms with Crippen molar-refractivity contribution in [2.45, 2.75) is 6.54 Å². The monoisotopic (exact) mass is 247 g/mol. The molecule has 0 fully saturated rings. The van der Waals surface area contributed by atoms with Crippen LogP contribution in [0.15, 0.2) is 36.7 Å². The van der Waals surface area contributed by atoms with Crippen molar-refractivity contribution in [3.05, 3.63) is 36.7 Å². The molecular formula is C13H17N3O2. The summed E-state index contributed by atoms with van der Waals surface area (Å²) in [7, 11) is 0. The molecule has 5 nitrogen and oxygen atoms in total. The van der Waals surface area contributed by atoms with Crippen molar-refractivity contribution in [1.82, 2.24) is 9.55 Å². The van der Waals surface area contributed by atoms with E-state index >= 15 is 0 Å². The van der Waals surface area contributed by atoms with E-state index < -0.39 is 0 Å². The molecule has 1 heterocycles. The molecule has 3 N–H and O–H groups in total. The molecule has 2 rings (SSSR count). The van der Waals surface area contributed by atoms with E-state index in [0.29, 0.717) is 19.8 Å². The minimum absolute atomic E-state index is 0.0503. The molecule has 0 aliphatic heterocycles. The van der Waals surface area contributed by atoms with Crippen LogP contribution in [-0.2, 0) is 11.3 Å². The molecular weight excluding hydrogens is 230 g/mol. The number of aromatic nitrogens is 2. The van der Waals surface area contributed by atoms with Gasteiger partial charge in [-0.15, -0.1) is 0 Å². The summed E-state index contributed by atoms with van der Waals surface area (Å²) in [4.78, 5) is 4.33.